The Morgan fingerprint density at radius 2 is 1.81 bits per heavy atom. The van der Waals surface area contributed by atoms with Gasteiger partial charge in [-0.3, -0.25) is 0 Å². The standard InChI is InChI=1S/C16H19FN2O2/c1-4-19(5-2)15(12-7-9-13(17)10-8-12)14(11-18)16(20)21-6-3/h7-10H,4-6H2,1-3H3/b15-14+. The third kappa shape index (κ3) is 4.06. The Labute approximate surface area is 124 Å². The number of halogens is 1. The average molecular weight is 290 g/mol. The Bertz CT molecular complexity index is 555. The van der Waals surface area contributed by atoms with Crippen LogP contribution >= 0.6 is 0 Å². The highest BCUT2D eigenvalue weighted by Gasteiger charge is 2.21. The minimum atomic E-state index is -0.661. The summed E-state index contributed by atoms with van der Waals surface area (Å²) in [6.45, 7) is 6.96. The van der Waals surface area contributed by atoms with Crippen molar-refractivity contribution in [3.8, 4) is 6.07 Å². The van der Waals surface area contributed by atoms with Crippen molar-refractivity contribution < 1.29 is 13.9 Å². The second kappa shape index (κ2) is 8.05. The molecule has 0 radical (unpaired) electrons. The molecule has 0 unspecified atom stereocenters. The molecule has 0 aromatic heterocycles. The molecule has 0 amide bonds. The van der Waals surface area contributed by atoms with Crippen LogP contribution < -0.4 is 0 Å². The van der Waals surface area contributed by atoms with Crippen molar-refractivity contribution in [2.24, 2.45) is 0 Å². The molecule has 1 aromatic carbocycles. The maximum Gasteiger partial charge on any atom is 0.351 e. The highest BCUT2D eigenvalue weighted by atomic mass is 19.1. The van der Waals surface area contributed by atoms with Crippen LogP contribution in [0.3, 0.4) is 0 Å². The Morgan fingerprint density at radius 3 is 2.24 bits per heavy atom. The van der Waals surface area contributed by atoms with E-state index in [1.54, 1.807) is 19.1 Å². The molecule has 4 nitrogen and oxygen atoms in total. The van der Waals surface area contributed by atoms with Gasteiger partial charge in [-0.05, 0) is 50.6 Å². The summed E-state index contributed by atoms with van der Waals surface area (Å²) in [6, 6.07) is 7.64. The predicted molar refractivity (Wildman–Crippen MR) is 78.5 cm³/mol. The first kappa shape index (κ1) is 16.7. The summed E-state index contributed by atoms with van der Waals surface area (Å²) in [7, 11) is 0. The van der Waals surface area contributed by atoms with Crippen molar-refractivity contribution in [3.05, 3.63) is 41.2 Å². The number of rotatable bonds is 6. The average Bonchev–Trinajstić information content (AvgIpc) is 2.49. The molecule has 112 valence electrons. The SMILES string of the molecule is CCOC(=O)/C(C#N)=C(\c1ccc(F)cc1)N(CC)CC. The molecular formula is C16H19FN2O2. The summed E-state index contributed by atoms with van der Waals surface area (Å²) in [5.74, 6) is -1.03. The van der Waals surface area contributed by atoms with Crippen LogP contribution in [0.1, 0.15) is 26.3 Å². The Balaban J connectivity index is 3.46. The highest BCUT2D eigenvalue weighted by Crippen LogP contribution is 2.24. The molecule has 21 heavy (non-hydrogen) atoms. The van der Waals surface area contributed by atoms with Gasteiger partial charge in [0.05, 0.1) is 12.3 Å². The van der Waals surface area contributed by atoms with Crippen LogP contribution in [0, 0.1) is 17.1 Å². The molecule has 0 atom stereocenters. The van der Waals surface area contributed by atoms with Gasteiger partial charge in [0.25, 0.3) is 0 Å². The molecule has 0 aliphatic rings. The summed E-state index contributed by atoms with van der Waals surface area (Å²) in [5, 5.41) is 9.34. The molecule has 1 aromatic rings. The molecule has 0 aliphatic carbocycles. The molecule has 0 saturated carbocycles. The van der Waals surface area contributed by atoms with Gasteiger partial charge in [-0.2, -0.15) is 5.26 Å². The molecule has 5 heteroatoms. The van der Waals surface area contributed by atoms with Gasteiger partial charge in [-0.15, -0.1) is 0 Å². The molecule has 0 aliphatic heterocycles. The lowest BCUT2D eigenvalue weighted by Gasteiger charge is -2.25. The summed E-state index contributed by atoms with van der Waals surface area (Å²) < 4.78 is 18.0. The fourth-order valence-electron chi connectivity index (χ4n) is 2.03. The van der Waals surface area contributed by atoms with Crippen LogP contribution in [0.5, 0.6) is 0 Å². The zero-order valence-corrected chi connectivity index (χ0v) is 12.5. The third-order valence-corrected chi connectivity index (χ3v) is 3.03. The highest BCUT2D eigenvalue weighted by molar-refractivity contribution is 6.01. The number of esters is 1. The van der Waals surface area contributed by atoms with Crippen LogP contribution in [0.2, 0.25) is 0 Å². The predicted octanol–water partition coefficient (Wildman–Crippen LogP) is 2.97. The van der Waals surface area contributed by atoms with Gasteiger partial charge >= 0.3 is 5.97 Å². The van der Waals surface area contributed by atoms with Crippen molar-refractivity contribution in [2.45, 2.75) is 20.8 Å². The smallest absolute Gasteiger partial charge is 0.351 e. The lowest BCUT2D eigenvalue weighted by atomic mass is 10.1. The van der Waals surface area contributed by atoms with Crippen LogP contribution in [0.25, 0.3) is 5.70 Å². The molecule has 0 spiro atoms. The molecule has 0 saturated heterocycles. The van der Waals surface area contributed by atoms with Gasteiger partial charge in [-0.25, -0.2) is 9.18 Å². The van der Waals surface area contributed by atoms with Crippen molar-refractivity contribution in [2.75, 3.05) is 19.7 Å². The zero-order valence-electron chi connectivity index (χ0n) is 12.5. The topological polar surface area (TPSA) is 53.3 Å². The van der Waals surface area contributed by atoms with Crippen molar-refractivity contribution in [3.63, 3.8) is 0 Å². The summed E-state index contributed by atoms with van der Waals surface area (Å²) >= 11 is 0. The van der Waals surface area contributed by atoms with E-state index in [2.05, 4.69) is 0 Å². The summed E-state index contributed by atoms with van der Waals surface area (Å²) in [6.07, 6.45) is 0. The molecule has 0 heterocycles. The van der Waals surface area contributed by atoms with Crippen LogP contribution in [-0.4, -0.2) is 30.6 Å². The molecule has 1 rings (SSSR count). The minimum absolute atomic E-state index is 0.0628. The van der Waals surface area contributed by atoms with E-state index < -0.39 is 5.97 Å². The number of ether oxygens (including phenoxy) is 1. The fourth-order valence-corrected chi connectivity index (χ4v) is 2.03. The quantitative estimate of drug-likeness (QED) is 0.459. The van der Waals surface area contributed by atoms with Crippen molar-refractivity contribution >= 4 is 11.7 Å². The minimum Gasteiger partial charge on any atom is -0.462 e. The van der Waals surface area contributed by atoms with Gasteiger partial charge in [0.1, 0.15) is 11.9 Å². The van der Waals surface area contributed by atoms with Gasteiger partial charge in [0, 0.05) is 13.1 Å². The summed E-state index contributed by atoms with van der Waals surface area (Å²) in [5.41, 5.74) is 1.03. The second-order valence-electron chi connectivity index (χ2n) is 4.24. The molecule has 0 N–H and O–H groups in total. The number of nitriles is 1. The van der Waals surface area contributed by atoms with E-state index in [1.165, 1.54) is 12.1 Å². The largest absolute Gasteiger partial charge is 0.462 e. The maximum atomic E-state index is 13.1. The van der Waals surface area contributed by atoms with Gasteiger partial charge in [0.2, 0.25) is 0 Å². The first-order valence-corrected chi connectivity index (χ1v) is 6.91. The van der Waals surface area contributed by atoms with Crippen LogP contribution in [0.15, 0.2) is 29.8 Å². The van der Waals surface area contributed by atoms with Crippen molar-refractivity contribution in [1.82, 2.24) is 4.90 Å². The lowest BCUT2D eigenvalue weighted by Crippen LogP contribution is -2.25. The van der Waals surface area contributed by atoms with E-state index in [0.717, 1.165) is 0 Å². The maximum absolute atomic E-state index is 13.1. The van der Waals surface area contributed by atoms with Crippen molar-refractivity contribution in [1.29, 1.82) is 5.26 Å². The van der Waals surface area contributed by atoms with Crippen LogP contribution in [0.4, 0.5) is 4.39 Å². The van der Waals surface area contributed by atoms with Crippen LogP contribution in [-0.2, 0) is 9.53 Å². The zero-order chi connectivity index (χ0) is 15.8. The van der Waals surface area contributed by atoms with E-state index in [0.29, 0.717) is 24.4 Å². The van der Waals surface area contributed by atoms with E-state index in [9.17, 15) is 14.4 Å². The number of hydrogen-bond acceptors (Lipinski definition) is 4. The Kier molecular flexibility index (Phi) is 6.41. The molecular weight excluding hydrogens is 271 g/mol. The number of carbonyl (C=O) groups excluding carboxylic acids is 1. The fraction of sp³-hybridized carbons (Fsp3) is 0.375. The first-order valence-electron chi connectivity index (χ1n) is 6.91. The Hall–Kier alpha value is -2.35. The Morgan fingerprint density at radius 1 is 1.24 bits per heavy atom. The van der Waals surface area contributed by atoms with E-state index in [1.807, 2.05) is 24.8 Å². The van der Waals surface area contributed by atoms with E-state index in [-0.39, 0.29) is 18.0 Å². The number of nitrogens with zero attached hydrogens (tertiary/aromatic N) is 2. The summed E-state index contributed by atoms with van der Waals surface area (Å²) in [4.78, 5) is 13.9. The van der Waals surface area contributed by atoms with E-state index >= 15 is 0 Å². The van der Waals surface area contributed by atoms with Gasteiger partial charge in [-0.1, -0.05) is 0 Å². The first-order chi connectivity index (χ1) is 10.1. The van der Waals surface area contributed by atoms with Gasteiger partial charge < -0.3 is 9.64 Å². The number of hydrogen-bond donors (Lipinski definition) is 0. The van der Waals surface area contributed by atoms with E-state index in [4.69, 9.17) is 4.74 Å². The second-order valence-corrected chi connectivity index (χ2v) is 4.24. The monoisotopic (exact) mass is 290 g/mol. The lowest BCUT2D eigenvalue weighted by molar-refractivity contribution is -0.138. The van der Waals surface area contributed by atoms with Gasteiger partial charge in [0.15, 0.2) is 5.57 Å². The molecule has 0 fully saturated rings. The number of benzene rings is 1. The number of carbonyl (C=O) groups is 1. The normalized spacial score (nSPS) is 11.4. The molecule has 0 bridgehead atoms. The third-order valence-electron chi connectivity index (χ3n) is 3.03.